The van der Waals surface area contributed by atoms with E-state index in [0.717, 1.165) is 25.8 Å². The van der Waals surface area contributed by atoms with Crippen LogP contribution in [0.4, 0.5) is 4.79 Å². The highest BCUT2D eigenvalue weighted by atomic mass is 16.6. The molecule has 0 spiro atoms. The summed E-state index contributed by atoms with van der Waals surface area (Å²) in [6.07, 6.45) is 2.62. The Morgan fingerprint density at radius 1 is 1.43 bits per heavy atom. The molecule has 0 radical (unpaired) electrons. The molecule has 1 atom stereocenters. The van der Waals surface area contributed by atoms with Gasteiger partial charge in [0.2, 0.25) is 0 Å². The third-order valence-electron chi connectivity index (χ3n) is 3.00. The maximum absolute atomic E-state index is 11.9. The predicted octanol–water partition coefficient (Wildman–Crippen LogP) is 2.34. The van der Waals surface area contributed by atoms with E-state index in [1.165, 1.54) is 0 Å². The third-order valence-corrected chi connectivity index (χ3v) is 3.00. The molecule has 0 bridgehead atoms. The summed E-state index contributed by atoms with van der Waals surface area (Å²) in [5, 5.41) is 3.06. The van der Waals surface area contributed by atoms with Crippen molar-refractivity contribution < 1.29 is 9.53 Å². The van der Waals surface area contributed by atoms with E-state index in [9.17, 15) is 4.79 Å². The van der Waals surface area contributed by atoms with Crippen LogP contribution in [-0.2, 0) is 4.74 Å². The molecule has 0 aliphatic carbocycles. The first-order valence-corrected chi connectivity index (χ1v) is 7.67. The lowest BCUT2D eigenvalue weighted by Gasteiger charge is -2.28. The van der Waals surface area contributed by atoms with Gasteiger partial charge in [0.25, 0.3) is 0 Å². The first kappa shape index (κ1) is 19.5. The standard InChI is InChI=1S/C15H32N4O2/c1-7-8-10-17-13(16)18-11-9-12(2)19(6)14(20)21-15(3,4)5/h12H,7-11H2,1-6H3,(H3,16,17,18). The summed E-state index contributed by atoms with van der Waals surface area (Å²) in [4.78, 5) is 17.7. The van der Waals surface area contributed by atoms with Crippen molar-refractivity contribution in [2.45, 2.75) is 65.5 Å². The molecule has 6 nitrogen and oxygen atoms in total. The zero-order valence-corrected chi connectivity index (χ0v) is 14.4. The number of nitrogens with one attached hydrogen (secondary N) is 1. The Labute approximate surface area is 129 Å². The number of aliphatic imine (C=N–C) groups is 1. The van der Waals surface area contributed by atoms with E-state index in [1.807, 2.05) is 27.7 Å². The van der Waals surface area contributed by atoms with Gasteiger partial charge in [0, 0.05) is 26.2 Å². The van der Waals surface area contributed by atoms with Gasteiger partial charge in [-0.25, -0.2) is 4.79 Å². The topological polar surface area (TPSA) is 80.0 Å². The Hall–Kier alpha value is -1.46. The Morgan fingerprint density at radius 2 is 2.05 bits per heavy atom. The molecule has 0 aliphatic rings. The quantitative estimate of drug-likeness (QED) is 0.429. The van der Waals surface area contributed by atoms with Crippen LogP contribution >= 0.6 is 0 Å². The van der Waals surface area contributed by atoms with E-state index in [2.05, 4.69) is 17.2 Å². The predicted molar refractivity (Wildman–Crippen MR) is 87.5 cm³/mol. The molecule has 0 saturated carbocycles. The second-order valence-corrected chi connectivity index (χ2v) is 6.28. The van der Waals surface area contributed by atoms with Crippen LogP contribution in [0, 0.1) is 0 Å². The molecule has 0 fully saturated rings. The molecule has 0 aromatic heterocycles. The fourth-order valence-corrected chi connectivity index (χ4v) is 1.53. The molecular weight excluding hydrogens is 268 g/mol. The van der Waals surface area contributed by atoms with E-state index >= 15 is 0 Å². The van der Waals surface area contributed by atoms with Crippen molar-refractivity contribution in [2.24, 2.45) is 10.7 Å². The van der Waals surface area contributed by atoms with Gasteiger partial charge in [-0.1, -0.05) is 13.3 Å². The minimum Gasteiger partial charge on any atom is -0.444 e. The first-order valence-electron chi connectivity index (χ1n) is 7.67. The zero-order chi connectivity index (χ0) is 16.5. The molecule has 0 aliphatic heterocycles. The normalized spacial score (nSPS) is 13.7. The molecule has 0 rings (SSSR count). The van der Waals surface area contributed by atoms with Crippen LogP contribution in [0.5, 0.6) is 0 Å². The van der Waals surface area contributed by atoms with E-state index in [-0.39, 0.29) is 12.1 Å². The molecule has 0 aromatic rings. The lowest BCUT2D eigenvalue weighted by Crippen LogP contribution is -2.41. The van der Waals surface area contributed by atoms with Crippen LogP contribution in [0.2, 0.25) is 0 Å². The Bertz CT molecular complexity index is 337. The summed E-state index contributed by atoms with van der Waals surface area (Å²) < 4.78 is 5.33. The molecule has 0 heterocycles. The average molecular weight is 300 g/mol. The van der Waals surface area contributed by atoms with Crippen LogP contribution in [0.3, 0.4) is 0 Å². The number of ether oxygens (including phenoxy) is 1. The molecule has 21 heavy (non-hydrogen) atoms. The van der Waals surface area contributed by atoms with E-state index < -0.39 is 5.60 Å². The van der Waals surface area contributed by atoms with Crippen molar-refractivity contribution in [1.29, 1.82) is 0 Å². The van der Waals surface area contributed by atoms with Crippen LogP contribution < -0.4 is 11.1 Å². The Balaban J connectivity index is 4.05. The first-order chi connectivity index (χ1) is 9.67. The van der Waals surface area contributed by atoms with Crippen molar-refractivity contribution in [3.05, 3.63) is 0 Å². The van der Waals surface area contributed by atoms with Crippen LogP contribution in [0.1, 0.15) is 53.9 Å². The van der Waals surface area contributed by atoms with Crippen LogP contribution in [0.25, 0.3) is 0 Å². The fourth-order valence-electron chi connectivity index (χ4n) is 1.53. The number of hydrogen-bond acceptors (Lipinski definition) is 3. The maximum Gasteiger partial charge on any atom is 0.410 e. The van der Waals surface area contributed by atoms with Crippen molar-refractivity contribution in [2.75, 3.05) is 20.1 Å². The summed E-state index contributed by atoms with van der Waals surface area (Å²) in [6.45, 7) is 11.1. The number of rotatable bonds is 7. The largest absolute Gasteiger partial charge is 0.444 e. The van der Waals surface area contributed by atoms with E-state index in [4.69, 9.17) is 10.5 Å². The number of nitrogens with zero attached hydrogens (tertiary/aromatic N) is 2. The average Bonchev–Trinajstić information content (AvgIpc) is 2.36. The zero-order valence-electron chi connectivity index (χ0n) is 14.4. The number of amides is 1. The van der Waals surface area contributed by atoms with Crippen LogP contribution in [-0.4, -0.2) is 48.7 Å². The number of guanidine groups is 1. The third kappa shape index (κ3) is 9.98. The number of unbranched alkanes of at least 4 members (excludes halogenated alkanes) is 1. The highest BCUT2D eigenvalue weighted by molar-refractivity contribution is 5.77. The van der Waals surface area contributed by atoms with E-state index in [1.54, 1.807) is 11.9 Å². The molecule has 0 aromatic carbocycles. The number of hydrogen-bond donors (Lipinski definition) is 2. The van der Waals surface area contributed by atoms with Crippen LogP contribution in [0.15, 0.2) is 4.99 Å². The highest BCUT2D eigenvalue weighted by Gasteiger charge is 2.22. The van der Waals surface area contributed by atoms with Gasteiger partial charge in [0.15, 0.2) is 5.96 Å². The second kappa shape index (κ2) is 9.47. The summed E-state index contributed by atoms with van der Waals surface area (Å²) >= 11 is 0. The number of carbonyl (C=O) groups is 1. The molecule has 6 heteroatoms. The smallest absolute Gasteiger partial charge is 0.410 e. The molecule has 1 amide bonds. The molecule has 1 unspecified atom stereocenters. The summed E-state index contributed by atoms with van der Waals surface area (Å²) in [7, 11) is 1.75. The molecule has 124 valence electrons. The fraction of sp³-hybridized carbons (Fsp3) is 0.867. The van der Waals surface area contributed by atoms with Gasteiger partial charge in [-0.3, -0.25) is 4.99 Å². The van der Waals surface area contributed by atoms with Crippen molar-refractivity contribution in [3.8, 4) is 0 Å². The minimum absolute atomic E-state index is 0.0655. The lowest BCUT2D eigenvalue weighted by molar-refractivity contribution is 0.0231. The molecule has 3 N–H and O–H groups in total. The Kier molecular flexibility index (Phi) is 8.81. The SMILES string of the molecule is CCCCN=C(N)NCCC(C)N(C)C(=O)OC(C)(C)C. The molecule has 0 saturated heterocycles. The maximum atomic E-state index is 11.9. The highest BCUT2D eigenvalue weighted by Crippen LogP contribution is 2.11. The monoisotopic (exact) mass is 300 g/mol. The van der Waals surface area contributed by atoms with Crippen molar-refractivity contribution in [3.63, 3.8) is 0 Å². The van der Waals surface area contributed by atoms with E-state index in [0.29, 0.717) is 12.5 Å². The summed E-state index contributed by atoms with van der Waals surface area (Å²) in [5.41, 5.74) is 5.28. The van der Waals surface area contributed by atoms with Crippen molar-refractivity contribution in [1.82, 2.24) is 10.2 Å². The van der Waals surface area contributed by atoms with Gasteiger partial charge in [-0.2, -0.15) is 0 Å². The van der Waals surface area contributed by atoms with Gasteiger partial charge >= 0.3 is 6.09 Å². The Morgan fingerprint density at radius 3 is 2.57 bits per heavy atom. The van der Waals surface area contributed by atoms with Gasteiger partial charge < -0.3 is 20.7 Å². The van der Waals surface area contributed by atoms with Gasteiger partial charge in [-0.15, -0.1) is 0 Å². The van der Waals surface area contributed by atoms with Gasteiger partial charge in [-0.05, 0) is 40.5 Å². The molecular formula is C15H32N4O2. The minimum atomic E-state index is -0.473. The summed E-state index contributed by atoms with van der Waals surface area (Å²) in [5.74, 6) is 0.468. The lowest BCUT2D eigenvalue weighted by atomic mass is 10.2. The number of nitrogens with two attached hydrogens (primary N) is 1. The van der Waals surface area contributed by atoms with Gasteiger partial charge in [0.05, 0.1) is 0 Å². The summed E-state index contributed by atoms with van der Waals surface area (Å²) in [6, 6.07) is 0.0655. The van der Waals surface area contributed by atoms with Gasteiger partial charge in [0.1, 0.15) is 5.60 Å². The number of carbonyl (C=O) groups excluding carboxylic acids is 1. The second-order valence-electron chi connectivity index (χ2n) is 6.28. The van der Waals surface area contributed by atoms with Crippen molar-refractivity contribution >= 4 is 12.1 Å².